The van der Waals surface area contributed by atoms with Gasteiger partial charge in [-0.3, -0.25) is 0 Å². The highest BCUT2D eigenvalue weighted by atomic mass is 32.2. The van der Waals surface area contributed by atoms with Crippen molar-refractivity contribution in [3.63, 3.8) is 0 Å². The van der Waals surface area contributed by atoms with Crippen LogP contribution in [0.1, 0.15) is 30.1 Å². The fourth-order valence-corrected chi connectivity index (χ4v) is 3.71. The summed E-state index contributed by atoms with van der Waals surface area (Å²) in [5, 5.41) is 8.81. The number of likely N-dealkylation sites (tertiary alicyclic amines) is 1. The third-order valence-electron chi connectivity index (χ3n) is 3.87. The molecule has 1 heterocycles. The lowest BCUT2D eigenvalue weighted by Gasteiger charge is -2.30. The smallest absolute Gasteiger partial charge is 0.335 e. The number of nitrogens with one attached hydrogen (secondary N) is 1. The van der Waals surface area contributed by atoms with Gasteiger partial charge in [0.05, 0.1) is 10.5 Å². The molecule has 1 unspecified atom stereocenters. The number of aromatic carboxylic acids is 1. The lowest BCUT2D eigenvalue weighted by Crippen LogP contribution is -2.40. The molecule has 0 saturated carbocycles. The fraction of sp³-hybridized carbons (Fsp3) is 0.533. The van der Waals surface area contributed by atoms with Crippen molar-refractivity contribution < 1.29 is 18.3 Å². The zero-order valence-corrected chi connectivity index (χ0v) is 13.5. The SMILES string of the molecule is CC1CCCN(CCNS(=O)(=O)c2ccc(C(=O)O)cc2)C1. The topological polar surface area (TPSA) is 86.7 Å². The summed E-state index contributed by atoms with van der Waals surface area (Å²) in [7, 11) is -3.59. The quantitative estimate of drug-likeness (QED) is 0.825. The van der Waals surface area contributed by atoms with Gasteiger partial charge in [-0.2, -0.15) is 0 Å². The molecule has 1 aromatic carbocycles. The molecule has 1 saturated heterocycles. The third kappa shape index (κ3) is 4.53. The Labute approximate surface area is 131 Å². The summed E-state index contributed by atoms with van der Waals surface area (Å²) in [5.41, 5.74) is 0.0706. The highest BCUT2D eigenvalue weighted by molar-refractivity contribution is 7.89. The van der Waals surface area contributed by atoms with Crippen LogP contribution in [0.4, 0.5) is 0 Å². The van der Waals surface area contributed by atoms with Crippen molar-refractivity contribution in [1.29, 1.82) is 0 Å². The van der Waals surface area contributed by atoms with E-state index in [-0.39, 0.29) is 10.5 Å². The number of sulfonamides is 1. The molecular formula is C15H22N2O4S. The number of rotatable bonds is 6. The van der Waals surface area contributed by atoms with E-state index in [0.717, 1.165) is 19.5 Å². The van der Waals surface area contributed by atoms with Crippen LogP contribution in [0.2, 0.25) is 0 Å². The first-order chi connectivity index (χ1) is 10.4. The minimum atomic E-state index is -3.59. The van der Waals surface area contributed by atoms with E-state index in [1.54, 1.807) is 0 Å². The van der Waals surface area contributed by atoms with Crippen molar-refractivity contribution >= 4 is 16.0 Å². The van der Waals surface area contributed by atoms with Crippen molar-refractivity contribution in [3.05, 3.63) is 29.8 Å². The number of carboxylic acid groups (broad SMARTS) is 1. The summed E-state index contributed by atoms with van der Waals surface area (Å²) in [5.74, 6) is -0.412. The first-order valence-electron chi connectivity index (χ1n) is 7.44. The van der Waals surface area contributed by atoms with Gasteiger partial charge in [0.2, 0.25) is 10.0 Å². The first-order valence-corrected chi connectivity index (χ1v) is 8.92. The Morgan fingerprint density at radius 1 is 1.36 bits per heavy atom. The summed E-state index contributed by atoms with van der Waals surface area (Å²) in [6.45, 7) is 5.28. The van der Waals surface area contributed by atoms with Gasteiger partial charge in [-0.1, -0.05) is 6.92 Å². The van der Waals surface area contributed by atoms with E-state index in [0.29, 0.717) is 19.0 Å². The van der Waals surface area contributed by atoms with Crippen LogP contribution in [-0.4, -0.2) is 50.6 Å². The molecule has 1 aliphatic heterocycles. The lowest BCUT2D eigenvalue weighted by atomic mass is 10.0. The summed E-state index contributed by atoms with van der Waals surface area (Å²) in [6, 6.07) is 5.22. The van der Waals surface area contributed by atoms with Gasteiger partial charge < -0.3 is 10.0 Å². The maximum Gasteiger partial charge on any atom is 0.335 e. The summed E-state index contributed by atoms with van der Waals surface area (Å²) in [4.78, 5) is 13.1. The highest BCUT2D eigenvalue weighted by Gasteiger charge is 2.18. The summed E-state index contributed by atoms with van der Waals surface area (Å²) >= 11 is 0. The van der Waals surface area contributed by atoms with E-state index in [9.17, 15) is 13.2 Å². The maximum atomic E-state index is 12.1. The molecule has 0 radical (unpaired) electrons. The molecule has 0 amide bonds. The van der Waals surface area contributed by atoms with E-state index in [1.807, 2.05) is 0 Å². The van der Waals surface area contributed by atoms with E-state index in [2.05, 4.69) is 16.5 Å². The minimum absolute atomic E-state index is 0.0706. The largest absolute Gasteiger partial charge is 0.478 e. The van der Waals surface area contributed by atoms with Crippen LogP contribution in [0.15, 0.2) is 29.2 Å². The van der Waals surface area contributed by atoms with Crippen LogP contribution < -0.4 is 4.72 Å². The Morgan fingerprint density at radius 3 is 2.64 bits per heavy atom. The Kier molecular flexibility index (Phi) is 5.55. The number of carboxylic acids is 1. The molecule has 0 spiro atoms. The van der Waals surface area contributed by atoms with E-state index >= 15 is 0 Å². The van der Waals surface area contributed by atoms with E-state index < -0.39 is 16.0 Å². The van der Waals surface area contributed by atoms with Gasteiger partial charge in [0.15, 0.2) is 0 Å². The number of carbonyl (C=O) groups is 1. The molecule has 0 aliphatic carbocycles. The predicted molar refractivity (Wildman–Crippen MR) is 83.4 cm³/mol. The number of hydrogen-bond donors (Lipinski definition) is 2. The molecule has 1 aliphatic rings. The van der Waals surface area contributed by atoms with Gasteiger partial charge in [-0.25, -0.2) is 17.9 Å². The summed E-state index contributed by atoms with van der Waals surface area (Å²) in [6.07, 6.45) is 2.39. The fourth-order valence-electron chi connectivity index (χ4n) is 2.69. The number of nitrogens with zero attached hydrogens (tertiary/aromatic N) is 1. The maximum absolute atomic E-state index is 12.1. The zero-order valence-electron chi connectivity index (χ0n) is 12.7. The molecule has 6 nitrogen and oxygen atoms in total. The molecular weight excluding hydrogens is 304 g/mol. The van der Waals surface area contributed by atoms with Crippen LogP contribution in [0, 0.1) is 5.92 Å². The third-order valence-corrected chi connectivity index (χ3v) is 5.35. The second-order valence-corrected chi connectivity index (χ2v) is 7.54. The van der Waals surface area contributed by atoms with Gasteiger partial charge in [-0.05, 0) is 49.6 Å². The second-order valence-electron chi connectivity index (χ2n) is 5.78. The monoisotopic (exact) mass is 326 g/mol. The lowest BCUT2D eigenvalue weighted by molar-refractivity contribution is 0.0696. The van der Waals surface area contributed by atoms with E-state index in [1.165, 1.54) is 30.7 Å². The Balaban J connectivity index is 1.89. The van der Waals surface area contributed by atoms with Crippen molar-refractivity contribution in [2.45, 2.75) is 24.7 Å². The van der Waals surface area contributed by atoms with Crippen LogP contribution in [0.3, 0.4) is 0 Å². The zero-order chi connectivity index (χ0) is 16.2. The molecule has 1 atom stereocenters. The normalized spacial score (nSPS) is 20.0. The predicted octanol–water partition coefficient (Wildman–Crippen LogP) is 1.40. The van der Waals surface area contributed by atoms with Gasteiger partial charge in [-0.15, -0.1) is 0 Å². The Morgan fingerprint density at radius 2 is 2.05 bits per heavy atom. The molecule has 0 aromatic heterocycles. The first kappa shape index (κ1) is 16.9. The average molecular weight is 326 g/mol. The molecule has 122 valence electrons. The highest BCUT2D eigenvalue weighted by Crippen LogP contribution is 2.15. The molecule has 7 heteroatoms. The summed E-state index contributed by atoms with van der Waals surface area (Å²) < 4.78 is 26.9. The van der Waals surface area contributed by atoms with Gasteiger partial charge in [0.25, 0.3) is 0 Å². The van der Waals surface area contributed by atoms with Crippen molar-refractivity contribution in [2.24, 2.45) is 5.92 Å². The van der Waals surface area contributed by atoms with Crippen LogP contribution in [0.5, 0.6) is 0 Å². The molecule has 0 bridgehead atoms. The Hall–Kier alpha value is -1.44. The molecule has 2 N–H and O–H groups in total. The number of benzene rings is 1. The van der Waals surface area contributed by atoms with Crippen molar-refractivity contribution in [2.75, 3.05) is 26.2 Å². The van der Waals surface area contributed by atoms with Crippen LogP contribution in [-0.2, 0) is 10.0 Å². The van der Waals surface area contributed by atoms with Crippen molar-refractivity contribution in [1.82, 2.24) is 9.62 Å². The molecule has 2 rings (SSSR count). The van der Waals surface area contributed by atoms with Gasteiger partial charge >= 0.3 is 5.97 Å². The second kappa shape index (κ2) is 7.21. The molecule has 1 fully saturated rings. The Bertz CT molecular complexity index is 613. The van der Waals surface area contributed by atoms with Gasteiger partial charge in [0, 0.05) is 19.6 Å². The van der Waals surface area contributed by atoms with Crippen molar-refractivity contribution in [3.8, 4) is 0 Å². The van der Waals surface area contributed by atoms with Crippen LogP contribution in [0.25, 0.3) is 0 Å². The van der Waals surface area contributed by atoms with Crippen LogP contribution >= 0.6 is 0 Å². The van der Waals surface area contributed by atoms with E-state index in [4.69, 9.17) is 5.11 Å². The van der Waals surface area contributed by atoms with Gasteiger partial charge in [0.1, 0.15) is 0 Å². The molecule has 22 heavy (non-hydrogen) atoms. The molecule has 1 aromatic rings. The number of hydrogen-bond acceptors (Lipinski definition) is 4. The minimum Gasteiger partial charge on any atom is -0.478 e. The average Bonchev–Trinajstić information content (AvgIpc) is 2.47. The standard InChI is InChI=1S/C15H22N2O4S/c1-12-3-2-9-17(11-12)10-8-16-22(20,21)14-6-4-13(5-7-14)15(18)19/h4-7,12,16H,2-3,8-11H2,1H3,(H,18,19). The number of piperidine rings is 1.